The highest BCUT2D eigenvalue weighted by Crippen LogP contribution is 2.08. The Morgan fingerprint density at radius 2 is 1.92 bits per heavy atom. The Balaban J connectivity index is 2.56. The zero-order valence-corrected chi connectivity index (χ0v) is 7.46. The summed E-state index contributed by atoms with van der Waals surface area (Å²) in [4.78, 5) is 1.69. The van der Waals surface area contributed by atoms with Gasteiger partial charge in [0.15, 0.2) is 11.7 Å². The monoisotopic (exact) mass is 183 g/mol. The zero-order valence-electron chi connectivity index (χ0n) is 7.46. The predicted octanol–water partition coefficient (Wildman–Crippen LogP) is 1.39. The number of nitrogens with zero attached hydrogens (tertiary/aromatic N) is 1. The van der Waals surface area contributed by atoms with Crippen LogP contribution in [0.25, 0.3) is 0 Å². The number of hydrogen-bond donors (Lipinski definition) is 2. The molecule has 0 amide bonds. The molecule has 1 aliphatic heterocycles. The standard InChI is InChI=1S/C9H14FN3/c10-8(7-11)9(12)13-5-3-1-2-4-6-13/h1-2,7,12H,3-6,11H2. The molecule has 0 aromatic carbocycles. The molecular formula is C9H14FN3. The molecule has 0 fully saturated rings. The lowest BCUT2D eigenvalue weighted by Crippen LogP contribution is -2.31. The van der Waals surface area contributed by atoms with Gasteiger partial charge in [-0.2, -0.15) is 0 Å². The maximum atomic E-state index is 12.9. The first-order valence-electron chi connectivity index (χ1n) is 4.32. The fraction of sp³-hybridized carbons (Fsp3) is 0.444. The van der Waals surface area contributed by atoms with Gasteiger partial charge in [-0.05, 0) is 12.8 Å². The van der Waals surface area contributed by atoms with Crippen LogP contribution in [0.5, 0.6) is 0 Å². The highest BCUT2D eigenvalue weighted by molar-refractivity contribution is 5.93. The van der Waals surface area contributed by atoms with Crippen molar-refractivity contribution >= 4 is 5.84 Å². The Kier molecular flexibility index (Phi) is 3.49. The normalized spacial score (nSPS) is 18.5. The molecule has 0 aliphatic carbocycles. The second-order valence-corrected chi connectivity index (χ2v) is 2.90. The molecule has 3 N–H and O–H groups in total. The van der Waals surface area contributed by atoms with Crippen LogP contribution in [-0.4, -0.2) is 23.8 Å². The number of hydrogen-bond acceptors (Lipinski definition) is 2. The lowest BCUT2D eigenvalue weighted by molar-refractivity contribution is 0.427. The summed E-state index contributed by atoms with van der Waals surface area (Å²) in [6, 6.07) is 0. The van der Waals surface area contributed by atoms with E-state index in [4.69, 9.17) is 11.1 Å². The van der Waals surface area contributed by atoms with Gasteiger partial charge < -0.3 is 10.6 Å². The minimum atomic E-state index is -0.651. The summed E-state index contributed by atoms with van der Waals surface area (Å²) in [5, 5.41) is 7.46. The molecule has 4 heteroatoms. The smallest absolute Gasteiger partial charge is 0.180 e. The maximum Gasteiger partial charge on any atom is 0.180 e. The van der Waals surface area contributed by atoms with Gasteiger partial charge in [-0.1, -0.05) is 12.2 Å². The van der Waals surface area contributed by atoms with Crippen LogP contribution in [0.2, 0.25) is 0 Å². The van der Waals surface area contributed by atoms with Gasteiger partial charge in [-0.25, -0.2) is 4.39 Å². The van der Waals surface area contributed by atoms with Crippen molar-refractivity contribution in [3.63, 3.8) is 0 Å². The average Bonchev–Trinajstić information content (AvgIpc) is 2.43. The summed E-state index contributed by atoms with van der Waals surface area (Å²) in [5.74, 6) is -0.756. The van der Waals surface area contributed by atoms with Crippen molar-refractivity contribution in [1.29, 1.82) is 5.41 Å². The van der Waals surface area contributed by atoms with Gasteiger partial charge in [0.1, 0.15) is 0 Å². The molecule has 0 aromatic rings. The van der Waals surface area contributed by atoms with Gasteiger partial charge in [-0.3, -0.25) is 5.41 Å². The van der Waals surface area contributed by atoms with E-state index in [0.717, 1.165) is 19.0 Å². The summed E-state index contributed by atoms with van der Waals surface area (Å²) >= 11 is 0. The number of nitrogens with one attached hydrogen (secondary N) is 1. The fourth-order valence-electron chi connectivity index (χ4n) is 1.26. The topological polar surface area (TPSA) is 53.1 Å². The van der Waals surface area contributed by atoms with Crippen LogP contribution in [0.15, 0.2) is 24.2 Å². The van der Waals surface area contributed by atoms with Crippen molar-refractivity contribution in [1.82, 2.24) is 4.90 Å². The lowest BCUT2D eigenvalue weighted by atomic mass is 10.3. The zero-order chi connectivity index (χ0) is 9.68. The molecule has 3 nitrogen and oxygen atoms in total. The van der Waals surface area contributed by atoms with Gasteiger partial charge in [0.2, 0.25) is 0 Å². The Labute approximate surface area is 77.2 Å². The maximum absolute atomic E-state index is 12.9. The number of halogens is 1. The van der Waals surface area contributed by atoms with Crippen molar-refractivity contribution in [2.24, 2.45) is 5.73 Å². The van der Waals surface area contributed by atoms with Crippen molar-refractivity contribution in [3.05, 3.63) is 24.2 Å². The Morgan fingerprint density at radius 1 is 1.38 bits per heavy atom. The van der Waals surface area contributed by atoms with E-state index in [1.165, 1.54) is 0 Å². The largest absolute Gasteiger partial charge is 0.402 e. The second kappa shape index (κ2) is 4.64. The van der Waals surface area contributed by atoms with E-state index in [-0.39, 0.29) is 5.84 Å². The summed E-state index contributed by atoms with van der Waals surface area (Å²) in [7, 11) is 0. The molecular weight excluding hydrogens is 169 g/mol. The van der Waals surface area contributed by atoms with Crippen LogP contribution in [0.1, 0.15) is 12.8 Å². The molecule has 13 heavy (non-hydrogen) atoms. The van der Waals surface area contributed by atoms with E-state index < -0.39 is 5.83 Å². The van der Waals surface area contributed by atoms with E-state index in [1.54, 1.807) is 4.90 Å². The van der Waals surface area contributed by atoms with Crippen LogP contribution in [0.3, 0.4) is 0 Å². The van der Waals surface area contributed by atoms with E-state index in [0.29, 0.717) is 13.1 Å². The van der Waals surface area contributed by atoms with E-state index in [2.05, 4.69) is 12.2 Å². The van der Waals surface area contributed by atoms with Crippen molar-refractivity contribution < 1.29 is 4.39 Å². The quantitative estimate of drug-likeness (QED) is 0.366. The molecule has 1 aliphatic rings. The van der Waals surface area contributed by atoms with Crippen molar-refractivity contribution in [2.75, 3.05) is 13.1 Å². The van der Waals surface area contributed by atoms with E-state index in [1.807, 2.05) is 0 Å². The minimum absolute atomic E-state index is 0.105. The summed E-state index contributed by atoms with van der Waals surface area (Å²) in [6.07, 6.45) is 6.66. The highest BCUT2D eigenvalue weighted by Gasteiger charge is 2.13. The van der Waals surface area contributed by atoms with Crippen molar-refractivity contribution in [3.8, 4) is 0 Å². The van der Waals surface area contributed by atoms with Crippen LogP contribution >= 0.6 is 0 Å². The molecule has 0 bridgehead atoms. The van der Waals surface area contributed by atoms with Crippen LogP contribution < -0.4 is 5.73 Å². The fourth-order valence-corrected chi connectivity index (χ4v) is 1.26. The first kappa shape index (κ1) is 9.77. The lowest BCUT2D eigenvalue weighted by Gasteiger charge is -2.21. The number of amidine groups is 1. The van der Waals surface area contributed by atoms with Crippen molar-refractivity contribution in [2.45, 2.75) is 12.8 Å². The Morgan fingerprint density at radius 3 is 2.38 bits per heavy atom. The van der Waals surface area contributed by atoms with Gasteiger partial charge in [-0.15, -0.1) is 0 Å². The van der Waals surface area contributed by atoms with Gasteiger partial charge >= 0.3 is 0 Å². The predicted molar refractivity (Wildman–Crippen MR) is 51.1 cm³/mol. The SMILES string of the molecule is N=C(C(F)=CN)N1CCC=CCC1. The van der Waals surface area contributed by atoms with Crippen LogP contribution in [-0.2, 0) is 0 Å². The molecule has 1 heterocycles. The molecule has 0 saturated carbocycles. The average molecular weight is 183 g/mol. The summed E-state index contributed by atoms with van der Waals surface area (Å²) in [6.45, 7) is 1.38. The molecule has 0 saturated heterocycles. The molecule has 0 spiro atoms. The minimum Gasteiger partial charge on any atom is -0.402 e. The molecule has 0 radical (unpaired) electrons. The van der Waals surface area contributed by atoms with Crippen LogP contribution in [0, 0.1) is 5.41 Å². The second-order valence-electron chi connectivity index (χ2n) is 2.90. The first-order valence-corrected chi connectivity index (χ1v) is 4.32. The third-order valence-electron chi connectivity index (χ3n) is 1.99. The Hall–Kier alpha value is -1.32. The molecule has 0 unspecified atom stereocenters. The van der Waals surface area contributed by atoms with Gasteiger partial charge in [0.25, 0.3) is 0 Å². The van der Waals surface area contributed by atoms with Gasteiger partial charge in [0.05, 0.1) is 0 Å². The van der Waals surface area contributed by atoms with E-state index >= 15 is 0 Å². The molecule has 1 rings (SSSR count). The third-order valence-corrected chi connectivity index (χ3v) is 1.99. The first-order chi connectivity index (χ1) is 6.25. The molecule has 72 valence electrons. The molecule has 0 atom stereocenters. The number of nitrogens with two attached hydrogens (primary N) is 1. The van der Waals surface area contributed by atoms with E-state index in [9.17, 15) is 4.39 Å². The molecule has 0 aromatic heterocycles. The summed E-state index contributed by atoms with van der Waals surface area (Å²) < 4.78 is 12.9. The summed E-state index contributed by atoms with van der Waals surface area (Å²) in [5.41, 5.74) is 5.00. The third kappa shape index (κ3) is 2.57. The van der Waals surface area contributed by atoms with Crippen LogP contribution in [0.4, 0.5) is 4.39 Å². The van der Waals surface area contributed by atoms with Gasteiger partial charge in [0, 0.05) is 19.3 Å². The Bertz CT molecular complexity index is 235. The highest BCUT2D eigenvalue weighted by atomic mass is 19.1. The number of rotatable bonds is 1.